The van der Waals surface area contributed by atoms with Crippen LogP contribution in [0.15, 0.2) is 24.3 Å². The van der Waals surface area contributed by atoms with E-state index < -0.39 is 6.10 Å². The molecule has 2 aromatic rings. The number of carbonyl (C=O) groups excluding carboxylic acids is 1. The molecule has 1 atom stereocenters. The number of aromatic amines is 1. The highest BCUT2D eigenvalue weighted by atomic mass is 16.6. The van der Waals surface area contributed by atoms with E-state index in [4.69, 9.17) is 9.47 Å². The van der Waals surface area contributed by atoms with Crippen LogP contribution in [0.25, 0.3) is 0 Å². The number of benzene rings is 1. The summed E-state index contributed by atoms with van der Waals surface area (Å²) in [5.74, 6) is 1.11. The quantitative estimate of drug-likeness (QED) is 0.897. The summed E-state index contributed by atoms with van der Waals surface area (Å²) >= 11 is 0. The van der Waals surface area contributed by atoms with Gasteiger partial charge in [0.15, 0.2) is 11.5 Å². The maximum Gasteiger partial charge on any atom is 0.265 e. The molecule has 4 rings (SSSR count). The molecule has 22 heavy (non-hydrogen) atoms. The summed E-state index contributed by atoms with van der Waals surface area (Å²) < 4.78 is 11.3. The fourth-order valence-corrected chi connectivity index (χ4v) is 2.97. The fraction of sp³-hybridized carbons (Fsp3) is 0.375. The lowest BCUT2D eigenvalue weighted by atomic mass is 10.2. The predicted molar refractivity (Wildman–Crippen MR) is 78.8 cm³/mol. The van der Waals surface area contributed by atoms with Crippen molar-refractivity contribution in [1.29, 1.82) is 0 Å². The second-order valence-corrected chi connectivity index (χ2v) is 5.56. The van der Waals surface area contributed by atoms with Crippen LogP contribution < -0.4 is 14.8 Å². The van der Waals surface area contributed by atoms with Crippen LogP contribution in [0.4, 0.5) is 0 Å². The Kier molecular flexibility index (Phi) is 3.21. The van der Waals surface area contributed by atoms with Gasteiger partial charge in [0.25, 0.3) is 5.91 Å². The van der Waals surface area contributed by atoms with E-state index in [1.165, 1.54) is 11.3 Å². The minimum Gasteiger partial charge on any atom is -0.485 e. The van der Waals surface area contributed by atoms with E-state index in [9.17, 15) is 4.79 Å². The van der Waals surface area contributed by atoms with Crippen LogP contribution in [0.1, 0.15) is 23.4 Å². The molecule has 0 spiro atoms. The lowest BCUT2D eigenvalue weighted by Gasteiger charge is -2.25. The number of rotatable bonds is 3. The summed E-state index contributed by atoms with van der Waals surface area (Å²) in [6.07, 6.45) is 2.61. The van der Waals surface area contributed by atoms with Crippen LogP contribution in [0, 0.1) is 0 Å². The van der Waals surface area contributed by atoms with Crippen LogP contribution in [0.3, 0.4) is 0 Å². The molecule has 0 saturated carbocycles. The van der Waals surface area contributed by atoms with Crippen LogP contribution in [-0.4, -0.2) is 28.8 Å². The number of aromatic nitrogens is 2. The summed E-state index contributed by atoms with van der Waals surface area (Å²) in [5.41, 5.74) is 3.39. The summed E-state index contributed by atoms with van der Waals surface area (Å²) in [6, 6.07) is 7.36. The zero-order chi connectivity index (χ0) is 14.9. The Labute approximate surface area is 127 Å². The molecular weight excluding hydrogens is 282 g/mol. The molecule has 114 valence electrons. The van der Waals surface area contributed by atoms with Crippen molar-refractivity contribution in [2.75, 3.05) is 6.61 Å². The number of nitrogens with zero attached hydrogens (tertiary/aromatic N) is 1. The Morgan fingerprint density at radius 3 is 3.09 bits per heavy atom. The molecule has 2 aliphatic rings. The number of ether oxygens (including phenoxy) is 2. The molecule has 2 heterocycles. The van der Waals surface area contributed by atoms with E-state index in [0.717, 1.165) is 25.0 Å². The van der Waals surface area contributed by atoms with Gasteiger partial charge >= 0.3 is 0 Å². The smallest absolute Gasteiger partial charge is 0.265 e. The molecule has 6 nitrogen and oxygen atoms in total. The van der Waals surface area contributed by atoms with E-state index in [2.05, 4.69) is 15.5 Å². The van der Waals surface area contributed by atoms with Crippen molar-refractivity contribution >= 4 is 5.91 Å². The first-order valence-corrected chi connectivity index (χ1v) is 7.52. The molecule has 0 radical (unpaired) electrons. The van der Waals surface area contributed by atoms with Crippen molar-refractivity contribution in [2.24, 2.45) is 0 Å². The largest absolute Gasteiger partial charge is 0.485 e. The van der Waals surface area contributed by atoms with E-state index in [0.29, 0.717) is 18.0 Å². The van der Waals surface area contributed by atoms with E-state index >= 15 is 0 Å². The van der Waals surface area contributed by atoms with Crippen molar-refractivity contribution in [1.82, 2.24) is 15.5 Å². The Hall–Kier alpha value is -2.50. The summed E-state index contributed by atoms with van der Waals surface area (Å²) in [6.45, 7) is 0.647. The normalized spacial score (nSPS) is 18.8. The van der Waals surface area contributed by atoms with E-state index in [1.54, 1.807) is 6.07 Å². The van der Waals surface area contributed by atoms with Gasteiger partial charge in [-0.2, -0.15) is 5.10 Å². The average Bonchev–Trinajstić information content (AvgIpc) is 3.16. The Bertz CT molecular complexity index is 710. The molecule has 1 aliphatic heterocycles. The summed E-state index contributed by atoms with van der Waals surface area (Å²) in [7, 11) is 0. The van der Waals surface area contributed by atoms with Crippen LogP contribution in [0.5, 0.6) is 11.5 Å². The Morgan fingerprint density at radius 1 is 1.32 bits per heavy atom. The van der Waals surface area contributed by atoms with Gasteiger partial charge in [-0.1, -0.05) is 12.1 Å². The van der Waals surface area contributed by atoms with Crippen molar-refractivity contribution in [2.45, 2.75) is 31.9 Å². The predicted octanol–water partition coefficient (Wildman–Crippen LogP) is 1.35. The SMILES string of the molecule is O=C(NCc1n[nH]c2c1CCC2)[C@H]1COc2ccccc2O1. The third kappa shape index (κ3) is 2.30. The van der Waals surface area contributed by atoms with Gasteiger partial charge in [0.1, 0.15) is 6.61 Å². The molecule has 6 heteroatoms. The topological polar surface area (TPSA) is 76.2 Å². The number of hydrogen-bond acceptors (Lipinski definition) is 4. The van der Waals surface area contributed by atoms with E-state index in [-0.39, 0.29) is 12.5 Å². The monoisotopic (exact) mass is 299 g/mol. The summed E-state index contributed by atoms with van der Waals surface area (Å²) in [5, 5.41) is 10.2. The summed E-state index contributed by atoms with van der Waals surface area (Å²) in [4.78, 5) is 12.2. The zero-order valence-electron chi connectivity index (χ0n) is 12.1. The number of nitrogens with one attached hydrogen (secondary N) is 2. The molecule has 0 unspecified atom stereocenters. The number of hydrogen-bond donors (Lipinski definition) is 2. The highest BCUT2D eigenvalue weighted by Crippen LogP contribution is 2.31. The average molecular weight is 299 g/mol. The second kappa shape index (κ2) is 5.36. The number of amides is 1. The fourth-order valence-electron chi connectivity index (χ4n) is 2.97. The van der Waals surface area contributed by atoms with Crippen LogP contribution in [0.2, 0.25) is 0 Å². The van der Waals surface area contributed by atoms with Gasteiger partial charge in [-0.25, -0.2) is 0 Å². The number of fused-ring (bicyclic) bond motifs is 2. The van der Waals surface area contributed by atoms with Crippen molar-refractivity contribution in [3.63, 3.8) is 0 Å². The number of carbonyl (C=O) groups is 1. The standard InChI is InChI=1S/C16H17N3O3/c20-16(15-9-21-13-6-1-2-7-14(13)22-15)17-8-12-10-4-3-5-11(10)18-19-12/h1-2,6-7,15H,3-5,8-9H2,(H,17,20)(H,18,19)/t15-/m1/s1. The highest BCUT2D eigenvalue weighted by molar-refractivity contribution is 5.81. The molecule has 0 bridgehead atoms. The van der Waals surface area contributed by atoms with Gasteiger partial charge in [-0.15, -0.1) is 0 Å². The number of H-pyrrole nitrogens is 1. The molecule has 1 aromatic carbocycles. The maximum atomic E-state index is 12.2. The van der Waals surface area contributed by atoms with Crippen molar-refractivity contribution in [3.05, 3.63) is 41.2 Å². The highest BCUT2D eigenvalue weighted by Gasteiger charge is 2.27. The van der Waals surface area contributed by atoms with Crippen LogP contribution in [-0.2, 0) is 24.2 Å². The van der Waals surface area contributed by atoms with Gasteiger partial charge in [-0.05, 0) is 37.0 Å². The van der Waals surface area contributed by atoms with Gasteiger partial charge in [0.05, 0.1) is 12.2 Å². The van der Waals surface area contributed by atoms with Gasteiger partial charge in [0.2, 0.25) is 6.10 Å². The van der Waals surface area contributed by atoms with Gasteiger partial charge < -0.3 is 14.8 Å². The molecular formula is C16H17N3O3. The Morgan fingerprint density at radius 2 is 2.18 bits per heavy atom. The van der Waals surface area contributed by atoms with Crippen LogP contribution >= 0.6 is 0 Å². The molecule has 2 N–H and O–H groups in total. The minimum atomic E-state index is -0.623. The number of para-hydroxylation sites is 2. The lowest BCUT2D eigenvalue weighted by molar-refractivity contribution is -0.130. The molecule has 0 saturated heterocycles. The molecule has 1 aliphatic carbocycles. The lowest BCUT2D eigenvalue weighted by Crippen LogP contribution is -2.43. The number of aryl methyl sites for hydroxylation is 1. The third-order valence-corrected chi connectivity index (χ3v) is 4.12. The van der Waals surface area contributed by atoms with Gasteiger partial charge in [0, 0.05) is 5.69 Å². The molecule has 1 aromatic heterocycles. The Balaban J connectivity index is 1.39. The molecule has 1 amide bonds. The minimum absolute atomic E-state index is 0.177. The first kappa shape index (κ1) is 13.2. The zero-order valence-corrected chi connectivity index (χ0v) is 12.1. The molecule has 0 fully saturated rings. The maximum absolute atomic E-state index is 12.2. The van der Waals surface area contributed by atoms with Crippen molar-refractivity contribution in [3.8, 4) is 11.5 Å². The first-order chi connectivity index (χ1) is 10.8. The van der Waals surface area contributed by atoms with Gasteiger partial charge in [-0.3, -0.25) is 9.89 Å². The first-order valence-electron chi connectivity index (χ1n) is 7.52. The van der Waals surface area contributed by atoms with Crippen molar-refractivity contribution < 1.29 is 14.3 Å². The van der Waals surface area contributed by atoms with E-state index in [1.807, 2.05) is 18.2 Å². The second-order valence-electron chi connectivity index (χ2n) is 5.56. The third-order valence-electron chi connectivity index (χ3n) is 4.12.